The zero-order chi connectivity index (χ0) is 18.1. The van der Waals surface area contributed by atoms with Crippen LogP contribution in [0.5, 0.6) is 0 Å². The van der Waals surface area contributed by atoms with Crippen molar-refractivity contribution >= 4 is 27.3 Å². The van der Waals surface area contributed by atoms with Crippen molar-refractivity contribution in [2.45, 2.75) is 31.3 Å². The fourth-order valence-electron chi connectivity index (χ4n) is 2.25. The van der Waals surface area contributed by atoms with Crippen LogP contribution in [-0.4, -0.2) is 8.42 Å². The topological polar surface area (TPSA) is 46.2 Å². The van der Waals surface area contributed by atoms with E-state index in [4.69, 9.17) is 11.6 Å². The van der Waals surface area contributed by atoms with Gasteiger partial charge >= 0.3 is 6.18 Å². The minimum atomic E-state index is -4.66. The summed E-state index contributed by atoms with van der Waals surface area (Å²) >= 11 is 5.79. The van der Waals surface area contributed by atoms with Gasteiger partial charge in [0.05, 0.1) is 10.6 Å². The Morgan fingerprint density at radius 1 is 1.12 bits per heavy atom. The van der Waals surface area contributed by atoms with Crippen LogP contribution in [0.3, 0.4) is 0 Å². The highest BCUT2D eigenvalue weighted by Crippen LogP contribution is 2.34. The molecule has 0 saturated heterocycles. The van der Waals surface area contributed by atoms with E-state index in [1.807, 2.05) is 13.8 Å². The van der Waals surface area contributed by atoms with Crippen molar-refractivity contribution in [3.63, 3.8) is 0 Å². The summed E-state index contributed by atoms with van der Waals surface area (Å²) in [5.41, 5.74) is 1.12. The predicted molar refractivity (Wildman–Crippen MR) is 87.8 cm³/mol. The van der Waals surface area contributed by atoms with E-state index in [9.17, 15) is 21.6 Å². The lowest BCUT2D eigenvalue weighted by Crippen LogP contribution is -2.15. The summed E-state index contributed by atoms with van der Waals surface area (Å²) in [5, 5.41) is -0.280. The van der Waals surface area contributed by atoms with E-state index in [-0.39, 0.29) is 10.7 Å². The average Bonchev–Trinajstić information content (AvgIpc) is 2.46. The van der Waals surface area contributed by atoms with Gasteiger partial charge in [0.25, 0.3) is 10.0 Å². The number of alkyl halides is 3. The summed E-state index contributed by atoms with van der Waals surface area (Å²) < 4.78 is 65.5. The molecule has 0 spiro atoms. The maximum atomic E-state index is 12.8. The number of rotatable bonds is 4. The molecule has 1 N–H and O–H groups in total. The molecule has 24 heavy (non-hydrogen) atoms. The fraction of sp³-hybridized carbons (Fsp3) is 0.250. The van der Waals surface area contributed by atoms with Crippen LogP contribution < -0.4 is 4.72 Å². The Kier molecular flexibility index (Phi) is 5.15. The van der Waals surface area contributed by atoms with E-state index in [2.05, 4.69) is 4.72 Å². The monoisotopic (exact) mass is 377 g/mol. The fourth-order valence-corrected chi connectivity index (χ4v) is 3.83. The van der Waals surface area contributed by atoms with Crippen molar-refractivity contribution in [1.29, 1.82) is 0 Å². The average molecular weight is 378 g/mol. The van der Waals surface area contributed by atoms with Crippen LogP contribution in [-0.2, 0) is 22.6 Å². The van der Waals surface area contributed by atoms with Crippen molar-refractivity contribution < 1.29 is 21.6 Å². The predicted octanol–water partition coefficient (Wildman–Crippen LogP) is 5.03. The zero-order valence-electron chi connectivity index (χ0n) is 12.9. The van der Waals surface area contributed by atoms with Gasteiger partial charge in [0, 0.05) is 5.69 Å². The Morgan fingerprint density at radius 3 is 2.33 bits per heavy atom. The highest BCUT2D eigenvalue weighted by molar-refractivity contribution is 7.92. The van der Waals surface area contributed by atoms with Gasteiger partial charge in [-0.3, -0.25) is 4.72 Å². The second-order valence-corrected chi connectivity index (χ2v) is 7.30. The maximum absolute atomic E-state index is 12.8. The molecule has 0 fully saturated rings. The maximum Gasteiger partial charge on any atom is 0.416 e. The van der Waals surface area contributed by atoms with Crippen molar-refractivity contribution in [3.05, 3.63) is 58.1 Å². The molecule has 0 radical (unpaired) electrons. The van der Waals surface area contributed by atoms with Gasteiger partial charge in [-0.2, -0.15) is 13.2 Å². The molecule has 0 aliphatic heterocycles. The molecule has 8 heteroatoms. The first kappa shape index (κ1) is 18.6. The number of nitrogens with one attached hydrogen (secondary N) is 1. The Balaban J connectivity index is 2.42. The van der Waals surface area contributed by atoms with Crippen LogP contribution in [0.2, 0.25) is 5.02 Å². The summed E-state index contributed by atoms with van der Waals surface area (Å²) in [6, 6.07) is 7.13. The molecule has 0 bridgehead atoms. The molecule has 2 aromatic rings. The SMILES string of the molecule is CCc1ccc(NS(=O)(=O)c2cc(C(F)(F)F)ccc2Cl)cc1C. The molecule has 0 heterocycles. The van der Waals surface area contributed by atoms with Crippen molar-refractivity contribution in [2.75, 3.05) is 4.72 Å². The first-order valence-corrected chi connectivity index (χ1v) is 8.90. The molecule has 2 aromatic carbocycles. The van der Waals surface area contributed by atoms with E-state index >= 15 is 0 Å². The van der Waals surface area contributed by atoms with Gasteiger partial charge in [0.1, 0.15) is 4.90 Å². The van der Waals surface area contributed by atoms with Crippen LogP contribution in [0.15, 0.2) is 41.3 Å². The number of sulfonamides is 1. The highest BCUT2D eigenvalue weighted by Gasteiger charge is 2.32. The molecular formula is C16H15ClF3NO2S. The summed E-state index contributed by atoms with van der Waals surface area (Å²) in [7, 11) is -4.25. The first-order chi connectivity index (χ1) is 11.0. The minimum Gasteiger partial charge on any atom is -0.280 e. The van der Waals surface area contributed by atoms with Gasteiger partial charge in [-0.15, -0.1) is 0 Å². The minimum absolute atomic E-state index is 0.262. The largest absolute Gasteiger partial charge is 0.416 e. The van der Waals surface area contributed by atoms with Crippen LogP contribution in [0.25, 0.3) is 0 Å². The molecule has 130 valence electrons. The summed E-state index contributed by atoms with van der Waals surface area (Å²) in [5.74, 6) is 0. The third-order valence-corrected chi connectivity index (χ3v) is 5.39. The number of halogens is 4. The van der Waals surface area contributed by atoms with Gasteiger partial charge in [-0.05, 0) is 54.8 Å². The lowest BCUT2D eigenvalue weighted by molar-refractivity contribution is -0.137. The standard InChI is InChI=1S/C16H15ClF3NO2S/c1-3-11-4-6-13(8-10(11)2)21-24(22,23)15-9-12(16(18,19)20)5-7-14(15)17/h4-9,21H,3H2,1-2H3. The van der Waals surface area contributed by atoms with Gasteiger partial charge < -0.3 is 0 Å². The van der Waals surface area contributed by atoms with Gasteiger partial charge in [-0.1, -0.05) is 24.6 Å². The quantitative estimate of drug-likeness (QED) is 0.812. The van der Waals surface area contributed by atoms with E-state index in [0.717, 1.165) is 29.7 Å². The molecule has 3 nitrogen and oxygen atoms in total. The number of anilines is 1. The van der Waals surface area contributed by atoms with Crippen molar-refractivity contribution in [2.24, 2.45) is 0 Å². The van der Waals surface area contributed by atoms with E-state index in [1.54, 1.807) is 18.2 Å². The molecule has 0 aromatic heterocycles. The highest BCUT2D eigenvalue weighted by atomic mass is 35.5. The second kappa shape index (κ2) is 6.64. The van der Waals surface area contributed by atoms with Crippen LogP contribution >= 0.6 is 11.6 Å². The number of benzene rings is 2. The molecule has 0 amide bonds. The third kappa shape index (κ3) is 4.02. The van der Waals surface area contributed by atoms with Crippen LogP contribution in [0, 0.1) is 6.92 Å². The zero-order valence-corrected chi connectivity index (χ0v) is 14.5. The number of aryl methyl sites for hydroxylation is 2. The van der Waals surface area contributed by atoms with Gasteiger partial charge in [0.2, 0.25) is 0 Å². The van der Waals surface area contributed by atoms with Crippen LogP contribution in [0.4, 0.5) is 18.9 Å². The Labute approximate surface area is 143 Å². The summed E-state index contributed by atoms with van der Waals surface area (Å²) in [4.78, 5) is -0.615. The molecular weight excluding hydrogens is 363 g/mol. The van der Waals surface area contributed by atoms with E-state index in [0.29, 0.717) is 6.07 Å². The lowest BCUT2D eigenvalue weighted by atomic mass is 10.1. The van der Waals surface area contributed by atoms with E-state index in [1.165, 1.54) is 0 Å². The van der Waals surface area contributed by atoms with Gasteiger partial charge in [0.15, 0.2) is 0 Å². The Bertz CT molecular complexity index is 864. The Hall–Kier alpha value is -1.73. The second-order valence-electron chi connectivity index (χ2n) is 5.24. The lowest BCUT2D eigenvalue weighted by Gasteiger charge is -2.13. The summed E-state index contributed by atoms with van der Waals surface area (Å²) in [6.07, 6.45) is -3.87. The van der Waals surface area contributed by atoms with Crippen molar-refractivity contribution in [1.82, 2.24) is 0 Å². The summed E-state index contributed by atoms with van der Waals surface area (Å²) in [6.45, 7) is 3.79. The normalized spacial score (nSPS) is 12.2. The molecule has 0 atom stereocenters. The molecule has 0 unspecified atom stereocenters. The number of hydrogen-bond donors (Lipinski definition) is 1. The van der Waals surface area contributed by atoms with Gasteiger partial charge in [-0.25, -0.2) is 8.42 Å². The van der Waals surface area contributed by atoms with Crippen LogP contribution in [0.1, 0.15) is 23.6 Å². The smallest absolute Gasteiger partial charge is 0.280 e. The molecule has 0 aliphatic rings. The Morgan fingerprint density at radius 2 is 1.79 bits per heavy atom. The molecule has 0 saturated carbocycles. The third-order valence-electron chi connectivity index (χ3n) is 3.52. The first-order valence-electron chi connectivity index (χ1n) is 7.03. The van der Waals surface area contributed by atoms with Crippen molar-refractivity contribution in [3.8, 4) is 0 Å². The van der Waals surface area contributed by atoms with E-state index < -0.39 is 26.7 Å². The molecule has 0 aliphatic carbocycles. The number of hydrogen-bond acceptors (Lipinski definition) is 2. The molecule has 2 rings (SSSR count).